The lowest BCUT2D eigenvalue weighted by atomic mass is 9.94. The van der Waals surface area contributed by atoms with Crippen LogP contribution >= 0.6 is 22.7 Å². The molecule has 180 valence electrons. The fourth-order valence-electron chi connectivity index (χ4n) is 4.38. The van der Waals surface area contributed by atoms with E-state index >= 15 is 0 Å². The zero-order valence-electron chi connectivity index (χ0n) is 20.0. The standard InChI is InChI=1S/C29H24N2O3S2/c1-17-15-20(31-30-19-7-9-21(32)10-8-19)16-18(2)26(17)22-11-13-35-28(22)29-23(12-14-36-29)27-24(33)5-4-6-25(27)34-3/h4-16,32-33H,1-3H3. The summed E-state index contributed by atoms with van der Waals surface area (Å²) in [4.78, 5) is 2.24. The summed E-state index contributed by atoms with van der Waals surface area (Å²) < 4.78 is 5.57. The van der Waals surface area contributed by atoms with Gasteiger partial charge in [0.05, 0.1) is 33.8 Å². The molecule has 0 fully saturated rings. The highest BCUT2D eigenvalue weighted by Crippen LogP contribution is 2.49. The monoisotopic (exact) mass is 512 g/mol. The molecule has 5 nitrogen and oxygen atoms in total. The van der Waals surface area contributed by atoms with Crippen LogP contribution in [-0.2, 0) is 0 Å². The third kappa shape index (κ3) is 4.51. The van der Waals surface area contributed by atoms with Crippen molar-refractivity contribution in [3.8, 4) is 49.3 Å². The van der Waals surface area contributed by atoms with Gasteiger partial charge in [-0.25, -0.2) is 0 Å². The first-order valence-corrected chi connectivity index (χ1v) is 13.1. The third-order valence-electron chi connectivity index (χ3n) is 5.95. The van der Waals surface area contributed by atoms with Gasteiger partial charge in [-0.05, 0) is 102 Å². The number of azo groups is 1. The molecule has 2 aromatic heterocycles. The van der Waals surface area contributed by atoms with E-state index in [1.165, 1.54) is 5.56 Å². The highest BCUT2D eigenvalue weighted by atomic mass is 32.1. The summed E-state index contributed by atoms with van der Waals surface area (Å²) in [5, 5.41) is 33.0. The lowest BCUT2D eigenvalue weighted by Gasteiger charge is -2.14. The number of thiophene rings is 2. The second kappa shape index (κ2) is 9.97. The van der Waals surface area contributed by atoms with E-state index in [4.69, 9.17) is 4.74 Å². The van der Waals surface area contributed by atoms with Crippen molar-refractivity contribution < 1.29 is 14.9 Å². The highest BCUT2D eigenvalue weighted by molar-refractivity contribution is 7.21. The van der Waals surface area contributed by atoms with Crippen LogP contribution in [-0.4, -0.2) is 17.3 Å². The number of rotatable bonds is 6. The molecule has 7 heteroatoms. The van der Waals surface area contributed by atoms with Crippen LogP contribution in [0.1, 0.15) is 11.1 Å². The molecule has 3 aromatic carbocycles. The summed E-state index contributed by atoms with van der Waals surface area (Å²) >= 11 is 3.34. The molecule has 0 amide bonds. The van der Waals surface area contributed by atoms with E-state index in [9.17, 15) is 10.2 Å². The molecule has 0 unspecified atom stereocenters. The van der Waals surface area contributed by atoms with Crippen molar-refractivity contribution in [2.24, 2.45) is 10.2 Å². The quantitative estimate of drug-likeness (QED) is 0.223. The van der Waals surface area contributed by atoms with Gasteiger partial charge in [-0.2, -0.15) is 10.2 Å². The van der Waals surface area contributed by atoms with Gasteiger partial charge < -0.3 is 14.9 Å². The van der Waals surface area contributed by atoms with Gasteiger partial charge in [0.1, 0.15) is 17.2 Å². The van der Waals surface area contributed by atoms with Crippen molar-refractivity contribution in [2.45, 2.75) is 13.8 Å². The Morgan fingerprint density at radius 1 is 0.694 bits per heavy atom. The van der Waals surface area contributed by atoms with Crippen LogP contribution in [0.2, 0.25) is 0 Å². The summed E-state index contributed by atoms with van der Waals surface area (Å²) in [5.41, 5.74) is 7.63. The second-order valence-corrected chi connectivity index (χ2v) is 10.2. The van der Waals surface area contributed by atoms with Gasteiger partial charge in [-0.1, -0.05) is 6.07 Å². The van der Waals surface area contributed by atoms with Gasteiger partial charge in [-0.3, -0.25) is 0 Å². The molecule has 36 heavy (non-hydrogen) atoms. The van der Waals surface area contributed by atoms with Crippen molar-refractivity contribution >= 4 is 34.0 Å². The number of benzene rings is 3. The number of aryl methyl sites for hydroxylation is 2. The van der Waals surface area contributed by atoms with Crippen LogP contribution in [0.25, 0.3) is 32.0 Å². The van der Waals surface area contributed by atoms with Gasteiger partial charge >= 0.3 is 0 Å². The maximum Gasteiger partial charge on any atom is 0.130 e. The minimum absolute atomic E-state index is 0.197. The van der Waals surface area contributed by atoms with Crippen LogP contribution in [0.3, 0.4) is 0 Å². The molecule has 0 bridgehead atoms. The number of ether oxygens (including phenoxy) is 1. The Kier molecular flexibility index (Phi) is 6.59. The van der Waals surface area contributed by atoms with Gasteiger partial charge in [0, 0.05) is 11.1 Å². The number of phenols is 2. The molecule has 0 saturated heterocycles. The fourth-order valence-corrected chi connectivity index (χ4v) is 6.38. The summed E-state index contributed by atoms with van der Waals surface area (Å²) in [5.74, 6) is 1.04. The first kappa shape index (κ1) is 23.8. The van der Waals surface area contributed by atoms with Crippen molar-refractivity contribution in [3.63, 3.8) is 0 Å². The zero-order valence-corrected chi connectivity index (χ0v) is 21.7. The number of hydrogen-bond acceptors (Lipinski definition) is 7. The van der Waals surface area contributed by atoms with E-state index in [2.05, 4.69) is 35.5 Å². The minimum atomic E-state index is 0.197. The maximum atomic E-state index is 10.7. The van der Waals surface area contributed by atoms with Gasteiger partial charge in [0.2, 0.25) is 0 Å². The van der Waals surface area contributed by atoms with Crippen molar-refractivity contribution in [3.05, 3.63) is 88.6 Å². The Morgan fingerprint density at radius 2 is 1.28 bits per heavy atom. The largest absolute Gasteiger partial charge is 0.508 e. The average Bonchev–Trinajstić information content (AvgIpc) is 3.52. The Hall–Kier alpha value is -3.94. The average molecular weight is 513 g/mol. The van der Waals surface area contributed by atoms with E-state index in [0.717, 1.165) is 37.7 Å². The first-order chi connectivity index (χ1) is 17.5. The molecule has 5 rings (SSSR count). The number of hydrogen-bond donors (Lipinski definition) is 2. The Labute approximate surface area is 217 Å². The van der Waals surface area contributed by atoms with Crippen molar-refractivity contribution in [1.82, 2.24) is 0 Å². The van der Waals surface area contributed by atoms with Crippen LogP contribution in [0.4, 0.5) is 11.4 Å². The van der Waals surface area contributed by atoms with Gasteiger partial charge in [0.15, 0.2) is 0 Å². The molecule has 2 N–H and O–H groups in total. The lowest BCUT2D eigenvalue weighted by Crippen LogP contribution is -1.90. The summed E-state index contributed by atoms with van der Waals surface area (Å²) in [6.45, 7) is 4.18. The number of aromatic hydroxyl groups is 2. The Balaban J connectivity index is 1.55. The molecular formula is C29H24N2O3S2. The van der Waals surface area contributed by atoms with Gasteiger partial charge in [-0.15, -0.1) is 22.7 Å². The normalized spacial score (nSPS) is 11.3. The minimum Gasteiger partial charge on any atom is -0.508 e. The Bertz CT molecular complexity index is 1540. The summed E-state index contributed by atoms with van der Waals surface area (Å²) in [6.07, 6.45) is 0. The number of phenolic OH excluding ortho intramolecular Hbond substituents is 2. The molecule has 0 spiro atoms. The first-order valence-electron chi connectivity index (χ1n) is 11.3. The molecule has 0 saturated carbocycles. The van der Waals surface area contributed by atoms with Crippen LogP contribution in [0, 0.1) is 13.8 Å². The van der Waals surface area contributed by atoms with E-state index in [1.807, 2.05) is 29.6 Å². The fraction of sp³-hybridized carbons (Fsp3) is 0.103. The van der Waals surface area contributed by atoms with E-state index in [-0.39, 0.29) is 11.5 Å². The SMILES string of the molecule is COc1cccc(O)c1-c1ccsc1-c1sccc1-c1c(C)cc(N=Nc2ccc(O)cc2)cc1C. The lowest BCUT2D eigenvalue weighted by molar-refractivity contribution is 0.410. The maximum absolute atomic E-state index is 10.7. The molecule has 2 heterocycles. The molecule has 0 radical (unpaired) electrons. The predicted molar refractivity (Wildman–Crippen MR) is 148 cm³/mol. The molecule has 0 aliphatic carbocycles. The van der Waals surface area contributed by atoms with Gasteiger partial charge in [0.25, 0.3) is 0 Å². The van der Waals surface area contributed by atoms with Crippen LogP contribution < -0.4 is 4.74 Å². The predicted octanol–water partition coefficient (Wildman–Crippen LogP) is 9.26. The Morgan fingerprint density at radius 3 is 1.89 bits per heavy atom. The summed E-state index contributed by atoms with van der Waals surface area (Å²) in [7, 11) is 1.62. The van der Waals surface area contributed by atoms with Crippen LogP contribution in [0.15, 0.2) is 87.7 Å². The van der Waals surface area contributed by atoms with Crippen molar-refractivity contribution in [1.29, 1.82) is 0 Å². The molecule has 0 aliphatic heterocycles. The topological polar surface area (TPSA) is 74.4 Å². The zero-order chi connectivity index (χ0) is 25.2. The van der Waals surface area contributed by atoms with E-state index < -0.39 is 0 Å². The molecule has 0 aliphatic rings. The third-order valence-corrected chi connectivity index (χ3v) is 7.94. The smallest absolute Gasteiger partial charge is 0.130 e. The molecule has 0 atom stereocenters. The molecular weight excluding hydrogens is 488 g/mol. The summed E-state index contributed by atoms with van der Waals surface area (Å²) in [6, 6.07) is 20.2. The van der Waals surface area contributed by atoms with Crippen molar-refractivity contribution in [2.75, 3.05) is 7.11 Å². The van der Waals surface area contributed by atoms with E-state index in [1.54, 1.807) is 66.2 Å². The second-order valence-electron chi connectivity index (χ2n) is 8.35. The van der Waals surface area contributed by atoms with E-state index in [0.29, 0.717) is 17.0 Å². The number of methoxy groups -OCH3 is 1. The molecule has 5 aromatic rings. The van der Waals surface area contributed by atoms with Crippen LogP contribution in [0.5, 0.6) is 17.2 Å². The highest BCUT2D eigenvalue weighted by Gasteiger charge is 2.21. The number of nitrogens with zero attached hydrogens (tertiary/aromatic N) is 2.